The topological polar surface area (TPSA) is 64.2 Å². The van der Waals surface area contributed by atoms with Crippen LogP contribution in [0.3, 0.4) is 0 Å². The molecule has 126 valence electrons. The predicted octanol–water partition coefficient (Wildman–Crippen LogP) is 3.20. The van der Waals surface area contributed by atoms with Gasteiger partial charge in [-0.25, -0.2) is 4.98 Å². The molecule has 1 aromatic carbocycles. The van der Waals surface area contributed by atoms with Crippen LogP contribution in [0.2, 0.25) is 0 Å². The van der Waals surface area contributed by atoms with Crippen molar-refractivity contribution in [2.75, 3.05) is 7.05 Å². The third-order valence-electron chi connectivity index (χ3n) is 4.24. The van der Waals surface area contributed by atoms with E-state index >= 15 is 0 Å². The summed E-state index contributed by atoms with van der Waals surface area (Å²) in [4.78, 5) is 19.4. The van der Waals surface area contributed by atoms with Crippen molar-refractivity contribution in [1.29, 1.82) is 0 Å². The highest BCUT2D eigenvalue weighted by Gasteiger charge is 2.26. The number of carbonyl (C=O) groups is 1. The van der Waals surface area contributed by atoms with Crippen LogP contribution in [0.15, 0.2) is 41.1 Å². The van der Waals surface area contributed by atoms with Crippen molar-refractivity contribution in [3.8, 4) is 0 Å². The lowest BCUT2D eigenvalue weighted by molar-refractivity contribution is -0.134. The number of amides is 1. The van der Waals surface area contributed by atoms with E-state index in [2.05, 4.69) is 21.6 Å². The van der Waals surface area contributed by atoms with Gasteiger partial charge in [0.25, 0.3) is 0 Å². The fourth-order valence-electron chi connectivity index (χ4n) is 3.05. The van der Waals surface area contributed by atoms with Crippen LogP contribution in [-0.2, 0) is 17.8 Å². The van der Waals surface area contributed by atoms with Crippen molar-refractivity contribution in [2.24, 2.45) is 0 Å². The molecule has 24 heavy (non-hydrogen) atoms. The second-order valence-corrected chi connectivity index (χ2v) is 5.85. The van der Waals surface area contributed by atoms with E-state index in [1.165, 1.54) is 6.26 Å². The van der Waals surface area contributed by atoms with Crippen molar-refractivity contribution in [3.63, 3.8) is 0 Å². The van der Waals surface area contributed by atoms with Crippen molar-refractivity contribution >= 4 is 16.9 Å². The molecule has 1 amide bonds. The Labute approximate surface area is 141 Å². The van der Waals surface area contributed by atoms with Gasteiger partial charge in [-0.05, 0) is 18.6 Å². The van der Waals surface area contributed by atoms with Gasteiger partial charge in [0.15, 0.2) is 0 Å². The monoisotopic (exact) mass is 326 g/mol. The predicted molar refractivity (Wildman–Crippen MR) is 91.4 cm³/mol. The molecule has 2 heterocycles. The fraction of sp³-hybridized carbons (Fsp3) is 0.389. The zero-order valence-corrected chi connectivity index (χ0v) is 14.3. The molecule has 0 N–H and O–H groups in total. The number of fused-ring (bicyclic) bond motifs is 1. The van der Waals surface area contributed by atoms with Gasteiger partial charge in [0.1, 0.15) is 23.8 Å². The molecule has 6 nitrogen and oxygen atoms in total. The van der Waals surface area contributed by atoms with Crippen LogP contribution in [0.5, 0.6) is 0 Å². The quantitative estimate of drug-likeness (QED) is 0.698. The average molecular weight is 326 g/mol. The summed E-state index contributed by atoms with van der Waals surface area (Å²) in [6.07, 6.45) is 3.00. The van der Waals surface area contributed by atoms with Gasteiger partial charge in [0.2, 0.25) is 5.91 Å². The molecule has 0 aliphatic heterocycles. The summed E-state index contributed by atoms with van der Waals surface area (Å²) < 4.78 is 6.93. The Morgan fingerprint density at radius 2 is 2.08 bits per heavy atom. The minimum Gasteiger partial charge on any atom is -0.364 e. The van der Waals surface area contributed by atoms with E-state index in [1.807, 2.05) is 31.2 Å². The number of imidazole rings is 1. The highest BCUT2D eigenvalue weighted by molar-refractivity contribution is 5.84. The number of para-hydroxylation sites is 2. The Morgan fingerprint density at radius 1 is 1.29 bits per heavy atom. The highest BCUT2D eigenvalue weighted by atomic mass is 16.5. The fourth-order valence-corrected chi connectivity index (χ4v) is 3.05. The first kappa shape index (κ1) is 16.2. The van der Waals surface area contributed by atoms with Crippen LogP contribution in [-0.4, -0.2) is 32.6 Å². The summed E-state index contributed by atoms with van der Waals surface area (Å²) in [6, 6.07) is 9.46. The molecular weight excluding hydrogens is 304 g/mol. The first-order valence-electron chi connectivity index (χ1n) is 8.25. The van der Waals surface area contributed by atoms with Crippen LogP contribution in [0.4, 0.5) is 0 Å². The van der Waals surface area contributed by atoms with E-state index in [0.29, 0.717) is 13.0 Å². The van der Waals surface area contributed by atoms with Crippen molar-refractivity contribution in [1.82, 2.24) is 19.6 Å². The zero-order valence-electron chi connectivity index (χ0n) is 14.3. The lowest BCUT2D eigenvalue weighted by Crippen LogP contribution is -2.34. The normalized spacial score (nSPS) is 12.5. The molecule has 1 atom stereocenters. The standard InChI is InChI=1S/C18H22N4O2/c1-4-15(18(23)21(3)12-13-10-11-24-20-13)22-16-9-7-6-8-14(16)19-17(22)5-2/h6-11,15H,4-5,12H2,1-3H3. The molecular formula is C18H22N4O2. The summed E-state index contributed by atoms with van der Waals surface area (Å²) in [5, 5.41) is 3.88. The van der Waals surface area contributed by atoms with Gasteiger partial charge in [-0.3, -0.25) is 4.79 Å². The molecule has 0 saturated heterocycles. The Kier molecular flexibility index (Phi) is 4.64. The van der Waals surface area contributed by atoms with Crippen LogP contribution in [0, 0.1) is 0 Å². The molecule has 0 fully saturated rings. The maximum absolute atomic E-state index is 13.0. The first-order valence-corrected chi connectivity index (χ1v) is 8.25. The van der Waals surface area contributed by atoms with Crippen molar-refractivity contribution in [3.05, 3.63) is 48.1 Å². The Morgan fingerprint density at radius 3 is 2.75 bits per heavy atom. The van der Waals surface area contributed by atoms with Crippen LogP contribution in [0.25, 0.3) is 11.0 Å². The Hall–Kier alpha value is -2.63. The molecule has 0 saturated carbocycles. The van der Waals surface area contributed by atoms with E-state index in [1.54, 1.807) is 18.0 Å². The molecule has 0 bridgehead atoms. The minimum atomic E-state index is -0.274. The Bertz CT molecular complexity index is 823. The van der Waals surface area contributed by atoms with E-state index in [9.17, 15) is 4.79 Å². The second-order valence-electron chi connectivity index (χ2n) is 5.85. The average Bonchev–Trinajstić information content (AvgIpc) is 3.23. The van der Waals surface area contributed by atoms with Gasteiger partial charge in [0, 0.05) is 19.5 Å². The van der Waals surface area contributed by atoms with Crippen LogP contribution in [0.1, 0.15) is 37.8 Å². The molecule has 1 unspecified atom stereocenters. The summed E-state index contributed by atoms with van der Waals surface area (Å²) in [7, 11) is 1.80. The SMILES string of the molecule is CCc1nc2ccccc2n1C(CC)C(=O)N(C)Cc1ccon1. The van der Waals surface area contributed by atoms with Crippen LogP contribution >= 0.6 is 0 Å². The number of carbonyl (C=O) groups excluding carboxylic acids is 1. The smallest absolute Gasteiger partial charge is 0.245 e. The molecule has 0 radical (unpaired) electrons. The maximum Gasteiger partial charge on any atom is 0.245 e. The third kappa shape index (κ3) is 2.91. The molecule has 3 rings (SSSR count). The van der Waals surface area contributed by atoms with Gasteiger partial charge in [-0.1, -0.05) is 31.1 Å². The van der Waals surface area contributed by atoms with Gasteiger partial charge in [-0.2, -0.15) is 0 Å². The number of nitrogens with zero attached hydrogens (tertiary/aromatic N) is 4. The van der Waals surface area contributed by atoms with E-state index in [0.717, 1.165) is 29.0 Å². The molecule has 6 heteroatoms. The maximum atomic E-state index is 13.0. The van der Waals surface area contributed by atoms with E-state index < -0.39 is 0 Å². The lowest BCUT2D eigenvalue weighted by atomic mass is 10.1. The van der Waals surface area contributed by atoms with Gasteiger partial charge < -0.3 is 14.0 Å². The lowest BCUT2D eigenvalue weighted by Gasteiger charge is -2.25. The van der Waals surface area contributed by atoms with Gasteiger partial charge in [0.05, 0.1) is 17.6 Å². The molecule has 3 aromatic rings. The van der Waals surface area contributed by atoms with Crippen molar-refractivity contribution in [2.45, 2.75) is 39.3 Å². The number of hydrogen-bond acceptors (Lipinski definition) is 4. The van der Waals surface area contributed by atoms with Crippen LogP contribution < -0.4 is 0 Å². The number of likely N-dealkylation sites (N-methyl/N-ethyl adjacent to an activating group) is 1. The zero-order chi connectivity index (χ0) is 17.1. The second kappa shape index (κ2) is 6.86. The number of hydrogen-bond donors (Lipinski definition) is 0. The van der Waals surface area contributed by atoms with Crippen molar-refractivity contribution < 1.29 is 9.32 Å². The third-order valence-corrected chi connectivity index (χ3v) is 4.24. The minimum absolute atomic E-state index is 0.0540. The molecule has 0 aliphatic carbocycles. The molecule has 2 aromatic heterocycles. The number of aryl methyl sites for hydroxylation is 1. The van der Waals surface area contributed by atoms with Gasteiger partial charge >= 0.3 is 0 Å². The summed E-state index contributed by atoms with van der Waals surface area (Å²) in [5.41, 5.74) is 2.68. The summed E-state index contributed by atoms with van der Waals surface area (Å²) in [5.74, 6) is 0.990. The Balaban J connectivity index is 1.94. The number of benzene rings is 1. The largest absolute Gasteiger partial charge is 0.364 e. The summed E-state index contributed by atoms with van der Waals surface area (Å²) >= 11 is 0. The van der Waals surface area contributed by atoms with E-state index in [4.69, 9.17) is 4.52 Å². The number of aromatic nitrogens is 3. The van der Waals surface area contributed by atoms with Gasteiger partial charge in [-0.15, -0.1) is 0 Å². The highest BCUT2D eigenvalue weighted by Crippen LogP contribution is 2.25. The van der Waals surface area contributed by atoms with E-state index in [-0.39, 0.29) is 11.9 Å². The number of rotatable bonds is 6. The molecule has 0 aliphatic rings. The summed E-state index contributed by atoms with van der Waals surface area (Å²) in [6.45, 7) is 4.52. The molecule has 0 spiro atoms. The first-order chi connectivity index (χ1) is 11.7.